The summed E-state index contributed by atoms with van der Waals surface area (Å²) in [5, 5.41) is 3.37. The minimum atomic E-state index is -0.416. The van der Waals surface area contributed by atoms with E-state index in [9.17, 15) is 14.4 Å². The third kappa shape index (κ3) is 6.32. The highest BCUT2D eigenvalue weighted by molar-refractivity contribution is 7.16. The molecule has 0 bridgehead atoms. The topological polar surface area (TPSA) is 84.9 Å². The number of hydrogen-bond donors (Lipinski definition) is 1. The Hall–Kier alpha value is -1.93. The Morgan fingerprint density at radius 3 is 2.41 bits per heavy atom. The van der Waals surface area contributed by atoms with Crippen molar-refractivity contribution in [1.29, 1.82) is 0 Å². The summed E-state index contributed by atoms with van der Waals surface area (Å²) >= 11 is 1.38. The van der Waals surface area contributed by atoms with E-state index in [0.29, 0.717) is 30.1 Å². The molecule has 1 heterocycles. The molecule has 1 amide bonds. The lowest BCUT2D eigenvalue weighted by molar-refractivity contribution is -0.145. The monoisotopic (exact) mass is 398 g/mol. The fourth-order valence-corrected chi connectivity index (χ4v) is 4.00. The maximum Gasteiger partial charge on any atom is 0.341 e. The fourth-order valence-electron chi connectivity index (χ4n) is 2.85. The van der Waals surface area contributed by atoms with Crippen molar-refractivity contribution in [3.8, 4) is 0 Å². The van der Waals surface area contributed by atoms with Crippen LogP contribution in [-0.4, -0.2) is 56.1 Å². The third-order valence-electron chi connectivity index (χ3n) is 4.25. The quantitative estimate of drug-likeness (QED) is 0.610. The van der Waals surface area contributed by atoms with Crippen LogP contribution in [0.5, 0.6) is 0 Å². The number of nitrogens with zero attached hydrogens (tertiary/aromatic N) is 1. The highest BCUT2D eigenvalue weighted by atomic mass is 32.1. The maximum atomic E-state index is 12.5. The van der Waals surface area contributed by atoms with Gasteiger partial charge in [-0.25, -0.2) is 4.79 Å². The Morgan fingerprint density at radius 1 is 1.22 bits per heavy atom. The lowest BCUT2D eigenvalue weighted by atomic mass is 10.1. The number of hydrogen-bond acceptors (Lipinski definition) is 7. The largest absolute Gasteiger partial charge is 0.469 e. The average Bonchev–Trinajstić information content (AvgIpc) is 2.95. The van der Waals surface area contributed by atoms with Gasteiger partial charge in [-0.15, -0.1) is 11.3 Å². The number of likely N-dealkylation sites (N-methyl/N-ethyl adjacent to an activating group) is 1. The minimum absolute atomic E-state index is 0.124. The van der Waals surface area contributed by atoms with Crippen LogP contribution in [0.15, 0.2) is 0 Å². The van der Waals surface area contributed by atoms with Gasteiger partial charge in [-0.3, -0.25) is 14.5 Å². The highest BCUT2D eigenvalue weighted by Gasteiger charge is 2.24. The minimum Gasteiger partial charge on any atom is -0.469 e. The van der Waals surface area contributed by atoms with Crippen molar-refractivity contribution in [1.82, 2.24) is 4.90 Å². The van der Waals surface area contributed by atoms with Crippen LogP contribution in [0.1, 0.15) is 48.5 Å². The van der Waals surface area contributed by atoms with Gasteiger partial charge in [0, 0.05) is 11.4 Å². The first-order valence-electron chi connectivity index (χ1n) is 9.18. The number of thiophene rings is 1. The van der Waals surface area contributed by atoms with Crippen molar-refractivity contribution in [3.05, 3.63) is 16.0 Å². The number of carbonyl (C=O) groups excluding carboxylic acids is 3. The Labute approximate surface area is 165 Å². The number of ether oxygens (including phenoxy) is 2. The second-order valence-corrected chi connectivity index (χ2v) is 7.44. The molecule has 0 aliphatic rings. The first-order valence-corrected chi connectivity index (χ1v) is 9.99. The fraction of sp³-hybridized carbons (Fsp3) is 0.632. The van der Waals surface area contributed by atoms with Crippen LogP contribution in [-0.2, 0) is 25.5 Å². The van der Waals surface area contributed by atoms with E-state index in [1.165, 1.54) is 18.4 Å². The van der Waals surface area contributed by atoms with E-state index in [0.717, 1.165) is 10.4 Å². The van der Waals surface area contributed by atoms with Crippen molar-refractivity contribution in [2.24, 2.45) is 5.92 Å². The van der Waals surface area contributed by atoms with Crippen LogP contribution >= 0.6 is 11.3 Å². The van der Waals surface area contributed by atoms with E-state index in [2.05, 4.69) is 5.32 Å². The zero-order valence-corrected chi connectivity index (χ0v) is 17.8. The summed E-state index contributed by atoms with van der Waals surface area (Å²) in [6.45, 7) is 10.8. The van der Waals surface area contributed by atoms with E-state index in [-0.39, 0.29) is 30.9 Å². The van der Waals surface area contributed by atoms with Crippen molar-refractivity contribution in [2.75, 3.05) is 38.7 Å². The van der Waals surface area contributed by atoms with Gasteiger partial charge in [-0.1, -0.05) is 20.8 Å². The van der Waals surface area contributed by atoms with Gasteiger partial charge in [0.05, 0.1) is 31.7 Å². The van der Waals surface area contributed by atoms with E-state index in [1.54, 1.807) is 13.8 Å². The number of amides is 1. The van der Waals surface area contributed by atoms with Crippen LogP contribution in [0, 0.1) is 12.8 Å². The first-order chi connectivity index (χ1) is 12.8. The van der Waals surface area contributed by atoms with Crippen LogP contribution in [0.4, 0.5) is 5.00 Å². The number of aryl methyl sites for hydroxylation is 1. The molecule has 152 valence electrons. The van der Waals surface area contributed by atoms with Crippen LogP contribution in [0.3, 0.4) is 0 Å². The molecule has 0 fully saturated rings. The summed E-state index contributed by atoms with van der Waals surface area (Å²) in [4.78, 5) is 39.3. The molecular formula is C19H30N2O5S. The number of methoxy groups -OCH3 is 1. The summed E-state index contributed by atoms with van der Waals surface area (Å²) in [5.74, 6) is -1.28. The van der Waals surface area contributed by atoms with Gasteiger partial charge in [0.2, 0.25) is 5.91 Å². The van der Waals surface area contributed by atoms with Gasteiger partial charge in [0.25, 0.3) is 0 Å². The molecule has 1 aromatic heterocycles. The molecular weight excluding hydrogens is 368 g/mol. The summed E-state index contributed by atoms with van der Waals surface area (Å²) in [7, 11) is 1.35. The molecule has 27 heavy (non-hydrogen) atoms. The van der Waals surface area contributed by atoms with Gasteiger partial charge in [-0.05, 0) is 32.4 Å². The molecule has 1 rings (SSSR count). The number of nitrogens with one attached hydrogen (secondary N) is 1. The van der Waals surface area contributed by atoms with Gasteiger partial charge >= 0.3 is 11.9 Å². The second kappa shape index (κ2) is 11.0. The summed E-state index contributed by atoms with van der Waals surface area (Å²) in [5.41, 5.74) is 1.35. The lowest BCUT2D eigenvalue weighted by Crippen LogP contribution is -2.38. The Bertz CT molecular complexity index is 671. The van der Waals surface area contributed by atoms with Crippen LogP contribution in [0.25, 0.3) is 0 Å². The summed E-state index contributed by atoms with van der Waals surface area (Å²) in [6.07, 6.45) is 0.685. The zero-order chi connectivity index (χ0) is 20.6. The zero-order valence-electron chi connectivity index (χ0n) is 17.0. The van der Waals surface area contributed by atoms with Gasteiger partial charge < -0.3 is 14.8 Å². The Morgan fingerprint density at radius 2 is 1.89 bits per heavy atom. The van der Waals surface area contributed by atoms with Gasteiger partial charge in [0.1, 0.15) is 5.00 Å². The number of carbonyl (C=O) groups is 3. The van der Waals surface area contributed by atoms with Crippen LogP contribution < -0.4 is 5.32 Å². The predicted octanol–water partition coefficient (Wildman–Crippen LogP) is 2.87. The highest BCUT2D eigenvalue weighted by Crippen LogP contribution is 2.34. The average molecular weight is 399 g/mol. The number of anilines is 1. The summed E-state index contributed by atoms with van der Waals surface area (Å²) < 4.78 is 9.89. The number of esters is 2. The first kappa shape index (κ1) is 23.1. The van der Waals surface area contributed by atoms with E-state index >= 15 is 0 Å². The molecule has 1 unspecified atom stereocenters. The molecule has 0 aromatic carbocycles. The maximum absolute atomic E-state index is 12.5. The molecule has 0 radical (unpaired) electrons. The van der Waals surface area contributed by atoms with Gasteiger partial charge in [-0.2, -0.15) is 0 Å². The molecule has 1 N–H and O–H groups in total. The normalized spacial score (nSPS) is 12.0. The molecule has 0 aliphatic carbocycles. The standard InChI is InChI=1S/C19H30N2O5S/c1-7-14-13(5)27-17(16(14)19(24)26-9-3)20-15(22)11-21(8-2)10-12(4)18(23)25-6/h12H,7-11H2,1-6H3,(H,20,22). The van der Waals surface area contributed by atoms with Crippen LogP contribution in [0.2, 0.25) is 0 Å². The Balaban J connectivity index is 2.89. The molecule has 0 spiro atoms. The molecule has 0 saturated carbocycles. The van der Waals surface area contributed by atoms with E-state index in [1.807, 2.05) is 25.7 Å². The lowest BCUT2D eigenvalue weighted by Gasteiger charge is -2.22. The van der Waals surface area contributed by atoms with Crippen molar-refractivity contribution in [2.45, 2.75) is 41.0 Å². The smallest absolute Gasteiger partial charge is 0.341 e. The van der Waals surface area contributed by atoms with E-state index < -0.39 is 5.97 Å². The van der Waals surface area contributed by atoms with Crippen molar-refractivity contribution >= 4 is 34.2 Å². The predicted molar refractivity (Wildman–Crippen MR) is 106 cm³/mol. The molecule has 8 heteroatoms. The summed E-state index contributed by atoms with van der Waals surface area (Å²) in [6, 6.07) is 0. The number of rotatable bonds is 10. The van der Waals surface area contributed by atoms with Crippen molar-refractivity contribution < 1.29 is 23.9 Å². The van der Waals surface area contributed by atoms with E-state index in [4.69, 9.17) is 9.47 Å². The molecule has 1 atom stereocenters. The molecule has 1 aromatic rings. The SMILES string of the molecule is CCOC(=O)c1c(NC(=O)CN(CC)CC(C)C(=O)OC)sc(C)c1CC. The Kier molecular flexibility index (Phi) is 9.45. The second-order valence-electron chi connectivity index (χ2n) is 6.22. The molecule has 7 nitrogen and oxygen atoms in total. The third-order valence-corrected chi connectivity index (χ3v) is 5.31. The van der Waals surface area contributed by atoms with Gasteiger partial charge in [0.15, 0.2) is 0 Å². The van der Waals surface area contributed by atoms with Crippen molar-refractivity contribution in [3.63, 3.8) is 0 Å². The molecule has 0 aliphatic heterocycles. The molecule has 0 saturated heterocycles.